The minimum absolute atomic E-state index is 0.0698. The van der Waals surface area contributed by atoms with Gasteiger partial charge < -0.3 is 10.2 Å². The molecule has 0 aromatic heterocycles. The lowest BCUT2D eigenvalue weighted by atomic mass is 9.44. The van der Waals surface area contributed by atoms with Crippen molar-refractivity contribution in [3.05, 3.63) is 11.7 Å². The van der Waals surface area contributed by atoms with Gasteiger partial charge in [0.2, 0.25) is 0 Å². The Hall–Kier alpha value is -1.37. The van der Waals surface area contributed by atoms with E-state index in [-0.39, 0.29) is 53.0 Å². The molecule has 1 heterocycles. The van der Waals surface area contributed by atoms with Gasteiger partial charge >= 0.3 is 0 Å². The highest BCUT2D eigenvalue weighted by atomic mass is 19.3. The molecule has 4 nitrogen and oxygen atoms in total. The van der Waals surface area contributed by atoms with Crippen LogP contribution in [0, 0.1) is 34.5 Å². The molecule has 31 heavy (non-hydrogen) atoms. The molecule has 7 heteroatoms. The van der Waals surface area contributed by atoms with Crippen molar-refractivity contribution < 1.29 is 22.8 Å². The normalized spacial score (nSPS) is 48.4. The van der Waals surface area contributed by atoms with Gasteiger partial charge in [-0.15, -0.1) is 0 Å². The van der Waals surface area contributed by atoms with E-state index in [2.05, 4.69) is 17.4 Å². The topological polar surface area (TPSA) is 50.7 Å². The molecule has 4 aliphatic carbocycles. The smallest absolute Gasteiger partial charge is 0.269 e. The predicted octanol–water partition coefficient (Wildman–Crippen LogP) is 5.04. The van der Waals surface area contributed by atoms with Gasteiger partial charge in [0.15, 0.2) is 12.0 Å². The Balaban J connectivity index is 1.42. The van der Waals surface area contributed by atoms with E-state index in [0.29, 0.717) is 19.3 Å². The zero-order valence-corrected chi connectivity index (χ0v) is 18.4. The van der Waals surface area contributed by atoms with Crippen LogP contribution in [0.25, 0.3) is 0 Å². The number of alkyl halides is 1. The van der Waals surface area contributed by atoms with Gasteiger partial charge in [-0.25, -0.2) is 4.39 Å². The molecule has 5 rings (SSSR count). The number of nitrogens with zero attached hydrogens (tertiary/aromatic N) is 1. The third-order valence-corrected chi connectivity index (χ3v) is 9.64. The zero-order chi connectivity index (χ0) is 22.0. The Morgan fingerprint density at radius 1 is 1.16 bits per heavy atom. The summed E-state index contributed by atoms with van der Waals surface area (Å²) in [6.07, 6.45) is 2.06. The molecular weight excluding hydrogens is 405 g/mol. The molecule has 1 aliphatic heterocycles. The Morgan fingerprint density at radius 2 is 1.97 bits per heavy atom. The van der Waals surface area contributed by atoms with Gasteiger partial charge in [-0.2, -0.15) is 8.78 Å². The first kappa shape index (κ1) is 21.5. The maximum absolute atomic E-state index is 14.5. The summed E-state index contributed by atoms with van der Waals surface area (Å²) in [6, 6.07) is 0. The average molecular weight is 439 g/mol. The fraction of sp³-hybridized carbons (Fsp3) is 0.833. The van der Waals surface area contributed by atoms with E-state index in [1.54, 1.807) is 0 Å². The Kier molecular flexibility index (Phi) is 5.26. The highest BCUT2D eigenvalue weighted by molar-refractivity contribution is 5.91. The molecule has 1 saturated heterocycles. The fourth-order valence-electron chi connectivity index (χ4n) is 7.71. The molecule has 5 fully saturated rings. The number of allylic oxidation sites excluding steroid dienone is 1. The highest BCUT2D eigenvalue weighted by Gasteiger charge is 2.64. The van der Waals surface area contributed by atoms with Crippen molar-refractivity contribution in [3.8, 4) is 0 Å². The molecule has 0 aromatic rings. The number of rotatable bonds is 2. The van der Waals surface area contributed by atoms with E-state index in [4.69, 9.17) is 4.84 Å². The summed E-state index contributed by atoms with van der Waals surface area (Å²) < 4.78 is 42.9. The van der Waals surface area contributed by atoms with E-state index in [9.17, 15) is 18.0 Å². The van der Waals surface area contributed by atoms with Gasteiger partial charge in [0.25, 0.3) is 6.08 Å². The van der Waals surface area contributed by atoms with E-state index in [1.807, 2.05) is 6.92 Å². The Labute approximate surface area is 182 Å². The minimum atomic E-state index is -1.62. The van der Waals surface area contributed by atoms with Gasteiger partial charge in [0.05, 0.1) is 5.71 Å². The Bertz CT molecular complexity index is 820. The van der Waals surface area contributed by atoms with Crippen molar-refractivity contribution in [2.45, 2.75) is 77.5 Å². The number of carbonyl (C=O) groups excluding carboxylic acids is 1. The van der Waals surface area contributed by atoms with Crippen LogP contribution in [0.5, 0.6) is 0 Å². The third kappa shape index (κ3) is 3.28. The van der Waals surface area contributed by atoms with E-state index >= 15 is 0 Å². The lowest BCUT2D eigenvalue weighted by molar-refractivity contribution is -0.136. The number of Topliss-reactive ketones (excluding diaryl/α,β-unsaturated/α-hetero) is 1. The first-order valence-corrected chi connectivity index (χ1v) is 11.9. The van der Waals surface area contributed by atoms with Crippen LogP contribution in [0.4, 0.5) is 13.2 Å². The van der Waals surface area contributed by atoms with Crippen LogP contribution >= 0.6 is 0 Å². The second kappa shape index (κ2) is 7.60. The third-order valence-electron chi connectivity index (χ3n) is 9.64. The summed E-state index contributed by atoms with van der Waals surface area (Å²) in [7, 11) is 0. The number of carbonyl (C=O) groups is 1. The number of hydrogen-bond acceptors (Lipinski definition) is 4. The molecular formula is C24H33F3N2O2. The van der Waals surface area contributed by atoms with Crippen molar-refractivity contribution in [1.82, 2.24) is 5.32 Å². The van der Waals surface area contributed by atoms with Gasteiger partial charge in [-0.3, -0.25) is 4.79 Å². The van der Waals surface area contributed by atoms with Crippen LogP contribution in [0.2, 0.25) is 0 Å². The van der Waals surface area contributed by atoms with Gasteiger partial charge in [-0.05, 0) is 86.2 Å². The van der Waals surface area contributed by atoms with E-state index < -0.39 is 17.7 Å². The quantitative estimate of drug-likeness (QED) is 0.615. The van der Waals surface area contributed by atoms with Crippen molar-refractivity contribution in [3.63, 3.8) is 0 Å². The second-order valence-electron chi connectivity index (χ2n) is 11.0. The summed E-state index contributed by atoms with van der Waals surface area (Å²) in [5, 5.41) is 7.68. The maximum Gasteiger partial charge on any atom is 0.269 e. The van der Waals surface area contributed by atoms with Crippen LogP contribution in [-0.4, -0.2) is 36.9 Å². The lowest BCUT2D eigenvalue weighted by Gasteiger charge is -2.59. The second-order valence-corrected chi connectivity index (χ2v) is 11.0. The molecule has 4 saturated carbocycles. The van der Waals surface area contributed by atoms with Crippen LogP contribution in [0.1, 0.15) is 65.2 Å². The zero-order valence-electron chi connectivity index (χ0n) is 18.4. The van der Waals surface area contributed by atoms with Crippen molar-refractivity contribution >= 4 is 11.5 Å². The summed E-state index contributed by atoms with van der Waals surface area (Å²) in [5.41, 5.74) is 0.282. The first-order chi connectivity index (χ1) is 14.7. The van der Waals surface area contributed by atoms with Crippen molar-refractivity contribution in [2.75, 3.05) is 13.1 Å². The van der Waals surface area contributed by atoms with Crippen LogP contribution in [0.3, 0.4) is 0 Å². The SMILES string of the molecule is C[C@]12CC/C(=N\OC3CCNC3)CC1CC(=C(F)F)C1C2CC[C@]2(C)C(=O)C(F)CC12. The molecule has 172 valence electrons. The predicted molar refractivity (Wildman–Crippen MR) is 111 cm³/mol. The molecule has 0 amide bonds. The fourth-order valence-corrected chi connectivity index (χ4v) is 7.71. The van der Waals surface area contributed by atoms with Crippen LogP contribution in [0.15, 0.2) is 16.8 Å². The lowest BCUT2D eigenvalue weighted by Crippen LogP contribution is -2.54. The molecule has 5 aliphatic rings. The number of nitrogens with one attached hydrogen (secondary N) is 1. The molecule has 0 spiro atoms. The standard InChI is InChI=1S/C24H33F3N2O2/c1-23-6-3-14(29-31-15-5-8-28-12-15)9-13(23)10-16(22(26)27)20-17(23)4-7-24(2)18(20)11-19(25)21(24)30/h13,15,17-20,28H,3-12H2,1-2H3/b29-14+/t13?,15?,17?,18?,19?,20?,23-,24-/m0/s1. The van der Waals surface area contributed by atoms with E-state index in [0.717, 1.165) is 44.5 Å². The molecule has 6 unspecified atom stereocenters. The number of ketones is 1. The Morgan fingerprint density at radius 3 is 2.68 bits per heavy atom. The average Bonchev–Trinajstić information content (AvgIpc) is 3.33. The largest absolute Gasteiger partial charge is 0.391 e. The van der Waals surface area contributed by atoms with Crippen LogP contribution < -0.4 is 5.32 Å². The number of hydrogen-bond donors (Lipinski definition) is 1. The minimum Gasteiger partial charge on any atom is -0.391 e. The summed E-state index contributed by atoms with van der Waals surface area (Å²) >= 11 is 0. The monoisotopic (exact) mass is 438 g/mol. The first-order valence-electron chi connectivity index (χ1n) is 11.9. The molecule has 0 bridgehead atoms. The van der Waals surface area contributed by atoms with Gasteiger partial charge in [0.1, 0.15) is 6.10 Å². The molecule has 0 aromatic carbocycles. The molecule has 0 radical (unpaired) electrons. The number of halogens is 3. The summed E-state index contributed by atoms with van der Waals surface area (Å²) in [5.74, 6) is -0.894. The maximum atomic E-state index is 14.5. The van der Waals surface area contributed by atoms with E-state index in [1.165, 1.54) is 0 Å². The summed E-state index contributed by atoms with van der Waals surface area (Å²) in [6.45, 7) is 5.80. The van der Waals surface area contributed by atoms with Gasteiger partial charge in [0, 0.05) is 18.4 Å². The number of fused-ring (bicyclic) bond motifs is 5. The summed E-state index contributed by atoms with van der Waals surface area (Å²) in [4.78, 5) is 18.3. The molecule has 8 atom stereocenters. The van der Waals surface area contributed by atoms with Gasteiger partial charge in [-0.1, -0.05) is 19.0 Å². The van der Waals surface area contributed by atoms with Crippen molar-refractivity contribution in [2.24, 2.45) is 39.7 Å². The highest BCUT2D eigenvalue weighted by Crippen LogP contribution is 2.67. The molecule has 1 N–H and O–H groups in total. The number of oxime groups is 1. The van der Waals surface area contributed by atoms with Crippen molar-refractivity contribution in [1.29, 1.82) is 0 Å². The van der Waals surface area contributed by atoms with Crippen LogP contribution in [-0.2, 0) is 9.63 Å².